The van der Waals surface area contributed by atoms with Crippen LogP contribution in [-0.4, -0.2) is 38.9 Å². The van der Waals surface area contributed by atoms with Crippen LogP contribution in [0.1, 0.15) is 51.6 Å². The Balaban J connectivity index is 1.70. The first kappa shape index (κ1) is 20.1. The molecule has 0 aliphatic carbocycles. The number of imidazole rings is 1. The van der Waals surface area contributed by atoms with E-state index in [-0.39, 0.29) is 17.9 Å². The molecule has 3 rings (SSSR count). The number of rotatable bonds is 5. The van der Waals surface area contributed by atoms with Gasteiger partial charge in [0.15, 0.2) is 5.82 Å². The van der Waals surface area contributed by atoms with E-state index in [1.807, 2.05) is 49.1 Å². The second kappa shape index (κ2) is 8.14. The summed E-state index contributed by atoms with van der Waals surface area (Å²) in [5.41, 5.74) is 5.97. The first-order chi connectivity index (χ1) is 13.3. The van der Waals surface area contributed by atoms with Gasteiger partial charge in [0.25, 0.3) is 0 Å². The molecule has 2 amide bonds. The van der Waals surface area contributed by atoms with Gasteiger partial charge in [-0.25, -0.2) is 4.98 Å². The van der Waals surface area contributed by atoms with Gasteiger partial charge in [-0.3, -0.25) is 9.59 Å². The third kappa shape index (κ3) is 4.09. The molecule has 7 nitrogen and oxygen atoms in total. The highest BCUT2D eigenvalue weighted by atomic mass is 16.2. The average molecular weight is 383 g/mol. The summed E-state index contributed by atoms with van der Waals surface area (Å²) in [5.74, 6) is 0.102. The molecule has 0 spiro atoms. The van der Waals surface area contributed by atoms with Gasteiger partial charge in [-0.15, -0.1) is 0 Å². The van der Waals surface area contributed by atoms with E-state index < -0.39 is 11.6 Å². The highest BCUT2D eigenvalue weighted by Gasteiger charge is 2.36. The molecule has 28 heavy (non-hydrogen) atoms. The fourth-order valence-electron chi connectivity index (χ4n) is 3.57. The number of hydrogen-bond donors (Lipinski definition) is 2. The van der Waals surface area contributed by atoms with Crippen LogP contribution in [0.2, 0.25) is 0 Å². The number of hydrogen-bond acceptors (Lipinski definition) is 4. The van der Waals surface area contributed by atoms with E-state index in [0.29, 0.717) is 5.82 Å². The Labute approximate surface area is 165 Å². The third-order valence-corrected chi connectivity index (χ3v) is 5.51. The number of amides is 2. The Bertz CT molecular complexity index is 830. The molecule has 3 N–H and O–H groups in total. The number of aromatic nitrogens is 2. The standard InChI is InChI=1S/C21H29N5O2/c1-15-9-7-8-12-26(15)20(28)21(2,3)25-13-17(23-14-25)24-19(27)18(22)16-10-5-4-6-11-16/h4-6,10-11,13-15,18H,7-9,12,22H2,1-3H3,(H,24,27)/t15?,18-/m0/s1. The van der Waals surface area contributed by atoms with Crippen molar-refractivity contribution in [3.8, 4) is 0 Å². The highest BCUT2D eigenvalue weighted by molar-refractivity contribution is 5.94. The van der Waals surface area contributed by atoms with E-state index in [0.717, 1.165) is 31.4 Å². The molecule has 1 aromatic heterocycles. The van der Waals surface area contributed by atoms with Gasteiger partial charge < -0.3 is 20.5 Å². The van der Waals surface area contributed by atoms with Crippen LogP contribution in [-0.2, 0) is 15.1 Å². The van der Waals surface area contributed by atoms with Gasteiger partial charge in [0.2, 0.25) is 11.8 Å². The molecular weight excluding hydrogens is 354 g/mol. The van der Waals surface area contributed by atoms with E-state index in [4.69, 9.17) is 5.73 Å². The zero-order valence-corrected chi connectivity index (χ0v) is 16.8. The number of piperidine rings is 1. The zero-order valence-electron chi connectivity index (χ0n) is 16.8. The first-order valence-corrected chi connectivity index (χ1v) is 9.77. The summed E-state index contributed by atoms with van der Waals surface area (Å²) in [6.45, 7) is 6.63. The number of carbonyl (C=O) groups is 2. The number of nitrogens with one attached hydrogen (secondary N) is 1. The van der Waals surface area contributed by atoms with Crippen LogP contribution in [0.15, 0.2) is 42.9 Å². The molecule has 1 saturated heterocycles. The zero-order chi connectivity index (χ0) is 20.3. The van der Waals surface area contributed by atoms with Crippen molar-refractivity contribution < 1.29 is 9.59 Å². The van der Waals surface area contributed by atoms with Gasteiger partial charge in [0.1, 0.15) is 11.6 Å². The molecule has 0 bridgehead atoms. The van der Waals surface area contributed by atoms with Crippen molar-refractivity contribution in [3.63, 3.8) is 0 Å². The van der Waals surface area contributed by atoms with E-state index in [9.17, 15) is 9.59 Å². The Morgan fingerprint density at radius 2 is 1.96 bits per heavy atom. The molecular formula is C21H29N5O2. The van der Waals surface area contributed by atoms with E-state index >= 15 is 0 Å². The summed E-state index contributed by atoms with van der Waals surface area (Å²) in [6.07, 6.45) is 6.49. The van der Waals surface area contributed by atoms with Crippen molar-refractivity contribution >= 4 is 17.6 Å². The molecule has 0 radical (unpaired) electrons. The van der Waals surface area contributed by atoms with Crippen molar-refractivity contribution in [2.24, 2.45) is 5.73 Å². The molecule has 1 unspecified atom stereocenters. The minimum absolute atomic E-state index is 0.0657. The number of likely N-dealkylation sites (tertiary alicyclic amines) is 1. The SMILES string of the molecule is CC1CCCCN1C(=O)C(C)(C)n1cnc(NC(=O)[C@@H](N)c2ccccc2)c1. The Hall–Kier alpha value is -2.67. The monoisotopic (exact) mass is 383 g/mol. The third-order valence-electron chi connectivity index (χ3n) is 5.51. The van der Waals surface area contributed by atoms with Gasteiger partial charge in [-0.1, -0.05) is 30.3 Å². The van der Waals surface area contributed by atoms with Gasteiger partial charge >= 0.3 is 0 Å². The number of nitrogens with two attached hydrogens (primary N) is 1. The van der Waals surface area contributed by atoms with E-state index in [1.165, 1.54) is 0 Å². The highest BCUT2D eigenvalue weighted by Crippen LogP contribution is 2.26. The number of nitrogens with zero attached hydrogens (tertiary/aromatic N) is 3. The van der Waals surface area contributed by atoms with Crippen molar-refractivity contribution in [1.82, 2.24) is 14.5 Å². The Kier molecular flexibility index (Phi) is 5.84. The molecule has 7 heteroatoms. The molecule has 1 fully saturated rings. The van der Waals surface area contributed by atoms with Crippen LogP contribution in [0, 0.1) is 0 Å². The topological polar surface area (TPSA) is 93.2 Å². The van der Waals surface area contributed by atoms with E-state index in [2.05, 4.69) is 17.2 Å². The second-order valence-corrected chi connectivity index (χ2v) is 7.95. The summed E-state index contributed by atoms with van der Waals surface area (Å²) in [5, 5.41) is 2.74. The van der Waals surface area contributed by atoms with Crippen LogP contribution in [0.5, 0.6) is 0 Å². The van der Waals surface area contributed by atoms with Crippen molar-refractivity contribution in [2.75, 3.05) is 11.9 Å². The van der Waals surface area contributed by atoms with Crippen molar-refractivity contribution in [3.05, 3.63) is 48.4 Å². The van der Waals surface area contributed by atoms with Gasteiger partial charge in [-0.05, 0) is 45.6 Å². The van der Waals surface area contributed by atoms with Crippen LogP contribution in [0.3, 0.4) is 0 Å². The summed E-state index contributed by atoms with van der Waals surface area (Å²) in [6, 6.07) is 8.63. The lowest BCUT2D eigenvalue weighted by Gasteiger charge is -2.39. The molecule has 1 aliphatic rings. The van der Waals surface area contributed by atoms with Crippen LogP contribution in [0.4, 0.5) is 5.82 Å². The number of carbonyl (C=O) groups excluding carboxylic acids is 2. The van der Waals surface area contributed by atoms with Gasteiger partial charge in [0, 0.05) is 18.8 Å². The van der Waals surface area contributed by atoms with E-state index in [1.54, 1.807) is 17.1 Å². The predicted octanol–water partition coefficient (Wildman–Crippen LogP) is 2.66. The molecule has 2 atom stereocenters. The van der Waals surface area contributed by atoms with Gasteiger partial charge in [-0.2, -0.15) is 0 Å². The first-order valence-electron chi connectivity index (χ1n) is 9.77. The maximum Gasteiger partial charge on any atom is 0.248 e. The number of benzene rings is 1. The Morgan fingerprint density at radius 3 is 2.64 bits per heavy atom. The van der Waals surface area contributed by atoms with Crippen LogP contribution >= 0.6 is 0 Å². The van der Waals surface area contributed by atoms with Crippen molar-refractivity contribution in [1.29, 1.82) is 0 Å². The molecule has 0 saturated carbocycles. The minimum Gasteiger partial charge on any atom is -0.338 e. The van der Waals surface area contributed by atoms with Crippen LogP contribution in [0.25, 0.3) is 0 Å². The lowest BCUT2D eigenvalue weighted by Crippen LogP contribution is -2.51. The fourth-order valence-corrected chi connectivity index (χ4v) is 3.57. The summed E-state index contributed by atoms with van der Waals surface area (Å²) in [4.78, 5) is 31.8. The lowest BCUT2D eigenvalue weighted by atomic mass is 9.97. The summed E-state index contributed by atoms with van der Waals surface area (Å²) < 4.78 is 1.75. The fraction of sp³-hybridized carbons (Fsp3) is 0.476. The van der Waals surface area contributed by atoms with Gasteiger partial charge in [0.05, 0.1) is 6.33 Å². The average Bonchev–Trinajstić information content (AvgIpc) is 3.17. The van der Waals surface area contributed by atoms with Crippen LogP contribution < -0.4 is 11.1 Å². The second-order valence-electron chi connectivity index (χ2n) is 7.95. The maximum atomic E-state index is 13.1. The maximum absolute atomic E-state index is 13.1. The molecule has 150 valence electrons. The number of anilines is 1. The Morgan fingerprint density at radius 1 is 1.25 bits per heavy atom. The minimum atomic E-state index is -0.789. The molecule has 1 aliphatic heterocycles. The molecule has 2 heterocycles. The molecule has 1 aromatic carbocycles. The lowest BCUT2D eigenvalue weighted by molar-refractivity contribution is -0.142. The largest absolute Gasteiger partial charge is 0.338 e. The summed E-state index contributed by atoms with van der Waals surface area (Å²) in [7, 11) is 0. The smallest absolute Gasteiger partial charge is 0.248 e. The van der Waals surface area contributed by atoms with Crippen molar-refractivity contribution in [2.45, 2.75) is 57.7 Å². The molecule has 2 aromatic rings. The quantitative estimate of drug-likeness (QED) is 0.830. The predicted molar refractivity (Wildman–Crippen MR) is 109 cm³/mol. The summed E-state index contributed by atoms with van der Waals surface area (Å²) >= 11 is 0. The normalized spacial score (nSPS) is 18.6.